The zero-order chi connectivity index (χ0) is 65.7. The summed E-state index contributed by atoms with van der Waals surface area (Å²) in [4.78, 5) is 3.30. The topological polar surface area (TPSA) is 37.7 Å². The van der Waals surface area contributed by atoms with Crippen molar-refractivity contribution in [1.82, 2.24) is 4.57 Å². The van der Waals surface area contributed by atoms with Gasteiger partial charge in [0.1, 0.15) is 11.2 Å². The highest BCUT2D eigenvalue weighted by Gasteiger charge is 2.52. The lowest BCUT2D eigenvalue weighted by molar-refractivity contribution is -0.138. The fourth-order valence-corrected chi connectivity index (χ4v) is 15.4. The highest BCUT2D eigenvalue weighted by molar-refractivity contribution is 6.20. The maximum absolute atomic E-state index is 15.0. The molecule has 17 heteroatoms. The largest absolute Gasteiger partial charge is 0.453 e. The molecular formula is C79H41F12N3O2. The molecule has 0 N–H and O–H groups in total. The van der Waals surface area contributed by atoms with Crippen molar-refractivity contribution in [3.63, 3.8) is 0 Å². The van der Waals surface area contributed by atoms with Crippen LogP contribution in [0, 0.1) is 0 Å². The van der Waals surface area contributed by atoms with Crippen LogP contribution < -0.4 is 9.80 Å². The number of aromatic nitrogens is 1. The summed E-state index contributed by atoms with van der Waals surface area (Å²) in [5.74, 6) is 0. The summed E-state index contributed by atoms with van der Waals surface area (Å²) >= 11 is 0. The molecule has 3 aromatic heterocycles. The molecule has 0 radical (unpaired) electrons. The lowest BCUT2D eigenvalue weighted by Crippen LogP contribution is -2.33. The fraction of sp³-hybridized carbons (Fsp3) is 0.0633. The van der Waals surface area contributed by atoms with Crippen molar-refractivity contribution < 1.29 is 61.5 Å². The van der Waals surface area contributed by atoms with Crippen molar-refractivity contribution in [3.8, 4) is 16.8 Å². The van der Waals surface area contributed by atoms with E-state index in [-0.39, 0.29) is 50.1 Å². The van der Waals surface area contributed by atoms with Crippen LogP contribution in [0.2, 0.25) is 0 Å². The molecule has 1 aliphatic heterocycles. The van der Waals surface area contributed by atoms with Crippen molar-refractivity contribution in [2.75, 3.05) is 9.80 Å². The van der Waals surface area contributed by atoms with E-state index in [4.69, 9.17) is 8.83 Å². The first-order valence-electron chi connectivity index (χ1n) is 30.4. The number of halogens is 12. The average molecular weight is 1290 g/mol. The molecule has 96 heavy (non-hydrogen) atoms. The number of rotatable bonds is 6. The van der Waals surface area contributed by atoms with E-state index < -0.39 is 63.5 Å². The van der Waals surface area contributed by atoms with Gasteiger partial charge in [-0.3, -0.25) is 0 Å². The normalized spacial score (nSPS) is 13.7. The van der Waals surface area contributed by atoms with Crippen molar-refractivity contribution in [3.05, 3.63) is 293 Å². The zero-order valence-electron chi connectivity index (χ0n) is 49.4. The quantitative estimate of drug-likeness (QED) is 0.156. The van der Waals surface area contributed by atoms with E-state index in [1.54, 1.807) is 52.3 Å². The molecular weight excluding hydrogens is 1250 g/mol. The van der Waals surface area contributed by atoms with Crippen LogP contribution in [-0.2, 0) is 30.1 Å². The number of nitrogens with zero attached hydrogens (tertiary/aromatic N) is 3. The minimum absolute atomic E-state index is 0.00195. The number of alkyl halides is 12. The van der Waals surface area contributed by atoms with Gasteiger partial charge in [-0.25, -0.2) is 0 Å². The third-order valence-electron chi connectivity index (χ3n) is 19.2. The standard InChI is InChI=1S/C79H41F12N3O2/c80-76(81,82)44-27-31-46(32-28-44)92(66-23-9-17-54-52-15-7-20-61(78(86,87)88)71(52)95-73(54)66)48-35-38-64-56(39-48)57-40-49(93(47-33-29-45(30-34-47)77(83,84)85)67-24-10-18-55-53-16-8-21-62(79(89,90)91)72(53)96-74(55)67)41-63-70(57)94(64)65-22-6-5-19-58(65)75(63)59-36-25-42-11-1-3-13-50(42)68(59)69-51-14-4-2-12-43(51)26-37-60(69)75/h1-41H. The van der Waals surface area contributed by atoms with Gasteiger partial charge in [-0.15, -0.1) is 0 Å². The molecule has 0 atom stereocenters. The van der Waals surface area contributed by atoms with Crippen LogP contribution >= 0.6 is 0 Å². The first-order valence-corrected chi connectivity index (χ1v) is 30.4. The summed E-state index contributed by atoms with van der Waals surface area (Å²) in [5, 5.41) is 5.80. The van der Waals surface area contributed by atoms with Crippen LogP contribution in [0.4, 0.5) is 86.8 Å². The van der Waals surface area contributed by atoms with Gasteiger partial charge in [0.25, 0.3) is 0 Å². The first kappa shape index (κ1) is 57.2. The molecule has 0 fully saturated rings. The van der Waals surface area contributed by atoms with Crippen LogP contribution in [0.25, 0.3) is 104 Å². The molecule has 13 aromatic carbocycles. The number of para-hydroxylation sites is 5. The van der Waals surface area contributed by atoms with Crippen LogP contribution in [0.1, 0.15) is 44.5 Å². The van der Waals surface area contributed by atoms with Crippen LogP contribution in [0.15, 0.2) is 258 Å². The van der Waals surface area contributed by atoms with Crippen LogP contribution in [0.3, 0.4) is 0 Å². The van der Waals surface area contributed by atoms with Crippen LogP contribution in [0.5, 0.6) is 0 Å². The predicted octanol–water partition coefficient (Wildman–Crippen LogP) is 24.6. The second-order valence-electron chi connectivity index (χ2n) is 24.2. The third-order valence-corrected chi connectivity index (χ3v) is 19.2. The monoisotopic (exact) mass is 1290 g/mol. The highest BCUT2D eigenvalue weighted by atomic mass is 19.4. The molecule has 16 aromatic rings. The van der Waals surface area contributed by atoms with Crippen molar-refractivity contribution >= 4 is 121 Å². The maximum atomic E-state index is 15.0. The number of fused-ring (bicyclic) bond motifs is 22. The Balaban J connectivity index is 0.998. The molecule has 4 heterocycles. The molecule has 1 aliphatic carbocycles. The predicted molar refractivity (Wildman–Crippen MR) is 351 cm³/mol. The summed E-state index contributed by atoms with van der Waals surface area (Å²) in [5.41, 5.74) is 2.50. The van der Waals surface area contributed by atoms with Gasteiger partial charge in [0.05, 0.1) is 55.8 Å². The Morgan fingerprint density at radius 3 is 1.23 bits per heavy atom. The number of anilines is 6. The summed E-state index contributed by atoms with van der Waals surface area (Å²) in [7, 11) is 0. The van der Waals surface area contributed by atoms with Gasteiger partial charge < -0.3 is 23.2 Å². The van der Waals surface area contributed by atoms with E-state index in [0.29, 0.717) is 44.1 Å². The van der Waals surface area contributed by atoms with Gasteiger partial charge in [-0.05, 0) is 164 Å². The van der Waals surface area contributed by atoms with Crippen molar-refractivity contribution in [1.29, 1.82) is 0 Å². The molecule has 0 saturated heterocycles. The molecule has 0 saturated carbocycles. The van der Waals surface area contributed by atoms with Crippen molar-refractivity contribution in [2.24, 2.45) is 0 Å². The summed E-state index contributed by atoms with van der Waals surface area (Å²) in [6.45, 7) is 0. The minimum Gasteiger partial charge on any atom is -0.453 e. The molecule has 5 nitrogen and oxygen atoms in total. The summed E-state index contributed by atoms with van der Waals surface area (Å²) in [6.07, 6.45) is -19.2. The third kappa shape index (κ3) is 8.08. The highest BCUT2D eigenvalue weighted by Crippen LogP contribution is 2.65. The van der Waals surface area contributed by atoms with Gasteiger partial charge in [0.15, 0.2) is 11.2 Å². The first-order chi connectivity index (χ1) is 46.2. The van der Waals surface area contributed by atoms with Gasteiger partial charge >= 0.3 is 24.7 Å². The van der Waals surface area contributed by atoms with Gasteiger partial charge in [-0.2, -0.15) is 52.7 Å². The molecule has 0 bridgehead atoms. The summed E-state index contributed by atoms with van der Waals surface area (Å²) < 4.78 is 192. The molecule has 2 aliphatic rings. The number of benzene rings is 13. The molecule has 18 rings (SSSR count). The van der Waals surface area contributed by atoms with Gasteiger partial charge in [0, 0.05) is 55.1 Å². The molecule has 0 unspecified atom stereocenters. The Bertz CT molecular complexity index is 5910. The Morgan fingerprint density at radius 2 is 0.729 bits per heavy atom. The lowest BCUT2D eigenvalue weighted by atomic mass is 9.65. The SMILES string of the molecule is FC(F)(F)c1ccc(N(c2ccc3c(c2)c2cc(N(c4ccc(C(F)(F)F)cc4)c4cccc5c4oc4c(C(F)(F)F)cccc45)cc4c2n3-c2ccccc2C42c3ccc4ccccc4c3-c3c2ccc2ccccc32)c2cccc3c2oc2c(C(F)(F)F)cccc23)cc1. The summed E-state index contributed by atoms with van der Waals surface area (Å²) in [6, 6.07) is 67.9. The molecule has 0 amide bonds. The van der Waals surface area contributed by atoms with E-state index >= 15 is 13.2 Å². The number of furan rings is 2. The lowest BCUT2D eigenvalue weighted by Gasteiger charge is -2.40. The second kappa shape index (κ2) is 19.8. The van der Waals surface area contributed by atoms with E-state index in [1.807, 2.05) is 66.7 Å². The Labute approximate surface area is 535 Å². The van der Waals surface area contributed by atoms with E-state index in [0.717, 1.165) is 91.4 Å². The minimum atomic E-state index is -4.85. The zero-order valence-corrected chi connectivity index (χ0v) is 49.4. The number of hydrogen-bond donors (Lipinski definition) is 0. The maximum Gasteiger partial charge on any atom is 0.420 e. The van der Waals surface area contributed by atoms with Crippen LogP contribution in [-0.4, -0.2) is 4.57 Å². The van der Waals surface area contributed by atoms with E-state index in [2.05, 4.69) is 59.2 Å². The van der Waals surface area contributed by atoms with E-state index in [9.17, 15) is 39.5 Å². The fourth-order valence-electron chi connectivity index (χ4n) is 15.4. The van der Waals surface area contributed by atoms with Crippen molar-refractivity contribution in [2.45, 2.75) is 30.1 Å². The molecule has 468 valence electrons. The molecule has 1 spiro atoms. The average Bonchev–Trinajstić information content (AvgIpc) is 1.48. The van der Waals surface area contributed by atoms with Gasteiger partial charge in [0.2, 0.25) is 0 Å². The Morgan fingerprint density at radius 1 is 0.302 bits per heavy atom. The second-order valence-corrected chi connectivity index (χ2v) is 24.2. The Hall–Kier alpha value is -11.5. The van der Waals surface area contributed by atoms with Gasteiger partial charge in [-0.1, -0.05) is 140 Å². The Kier molecular flexibility index (Phi) is 11.8. The van der Waals surface area contributed by atoms with E-state index in [1.165, 1.54) is 48.5 Å². The smallest absolute Gasteiger partial charge is 0.420 e. The number of hydrogen-bond acceptors (Lipinski definition) is 4.